The fourth-order valence-electron chi connectivity index (χ4n) is 1.50. The van der Waals surface area contributed by atoms with Crippen molar-refractivity contribution in [1.29, 1.82) is 0 Å². The van der Waals surface area contributed by atoms with E-state index in [2.05, 4.69) is 10.4 Å². The number of rotatable bonds is 3. The number of carbonyl (C=O) groups excluding carboxylic acids is 1. The van der Waals surface area contributed by atoms with Crippen molar-refractivity contribution < 1.29 is 14.7 Å². The smallest absolute Gasteiger partial charge is 0.335 e. The number of aromatic carboxylic acids is 1. The summed E-state index contributed by atoms with van der Waals surface area (Å²) in [5.41, 5.74) is 1.03. The number of carboxylic acids is 1. The largest absolute Gasteiger partial charge is 0.478 e. The van der Waals surface area contributed by atoms with Crippen molar-refractivity contribution in [2.45, 2.75) is 0 Å². The molecule has 0 bridgehead atoms. The lowest BCUT2D eigenvalue weighted by atomic mass is 10.2. The molecule has 1 aromatic carbocycles. The Bertz CT molecular complexity index is 604. The maximum absolute atomic E-state index is 11.4. The van der Waals surface area contributed by atoms with Gasteiger partial charge in [-0.1, -0.05) is 6.07 Å². The third-order valence-corrected chi connectivity index (χ3v) is 2.41. The lowest BCUT2D eigenvalue weighted by Crippen LogP contribution is -2.18. The molecular weight excluding hydrogens is 234 g/mol. The molecule has 1 heterocycles. The van der Waals surface area contributed by atoms with Crippen molar-refractivity contribution in [2.24, 2.45) is 0 Å². The number of carbonyl (C=O) groups is 2. The van der Waals surface area contributed by atoms with Crippen LogP contribution in [0.3, 0.4) is 0 Å². The molecule has 1 aromatic heterocycles. The average molecular weight is 245 g/mol. The summed E-state index contributed by atoms with van der Waals surface area (Å²) in [4.78, 5) is 22.2. The molecule has 0 aliphatic carbocycles. The third kappa shape index (κ3) is 2.22. The summed E-state index contributed by atoms with van der Waals surface area (Å²) >= 11 is 0. The predicted octanol–water partition coefficient (Wildman–Crippen LogP) is 0.930. The standard InChI is InChI=1S/C12H11N3O3/c1-13-11(16)10-5-6-15(14-10)9-4-2-3-8(7-9)12(17)18/h2-7H,1H3,(H,13,16)(H,17,18). The molecule has 0 aliphatic heterocycles. The molecule has 0 saturated heterocycles. The zero-order valence-corrected chi connectivity index (χ0v) is 9.62. The van der Waals surface area contributed by atoms with Gasteiger partial charge in [0.25, 0.3) is 5.91 Å². The van der Waals surface area contributed by atoms with Crippen molar-refractivity contribution in [3.63, 3.8) is 0 Å². The lowest BCUT2D eigenvalue weighted by molar-refractivity contribution is 0.0696. The van der Waals surface area contributed by atoms with E-state index in [0.717, 1.165) is 0 Å². The zero-order valence-electron chi connectivity index (χ0n) is 9.62. The maximum Gasteiger partial charge on any atom is 0.335 e. The van der Waals surface area contributed by atoms with Crippen LogP contribution in [0.25, 0.3) is 5.69 Å². The fraction of sp³-hybridized carbons (Fsp3) is 0.0833. The van der Waals surface area contributed by atoms with Gasteiger partial charge in [0.2, 0.25) is 0 Å². The van der Waals surface area contributed by atoms with Gasteiger partial charge >= 0.3 is 5.97 Å². The quantitative estimate of drug-likeness (QED) is 0.842. The molecule has 0 atom stereocenters. The Morgan fingerprint density at radius 1 is 1.33 bits per heavy atom. The molecule has 0 spiro atoms. The molecule has 0 aliphatic rings. The number of carboxylic acid groups (broad SMARTS) is 1. The Labute approximate surface area is 103 Å². The first-order valence-corrected chi connectivity index (χ1v) is 5.23. The molecule has 0 fully saturated rings. The van der Waals surface area contributed by atoms with Crippen molar-refractivity contribution in [2.75, 3.05) is 7.05 Å². The van der Waals surface area contributed by atoms with E-state index in [-0.39, 0.29) is 17.2 Å². The van der Waals surface area contributed by atoms with Crippen LogP contribution in [0.15, 0.2) is 36.5 Å². The summed E-state index contributed by atoms with van der Waals surface area (Å²) in [5.74, 6) is -1.29. The number of amides is 1. The fourth-order valence-corrected chi connectivity index (χ4v) is 1.50. The Hall–Kier alpha value is -2.63. The Kier molecular flexibility index (Phi) is 3.09. The second-order valence-corrected chi connectivity index (χ2v) is 3.58. The van der Waals surface area contributed by atoms with Gasteiger partial charge in [-0.05, 0) is 24.3 Å². The first-order valence-electron chi connectivity index (χ1n) is 5.23. The van der Waals surface area contributed by atoms with Crippen LogP contribution in [-0.2, 0) is 0 Å². The number of aromatic nitrogens is 2. The first-order chi connectivity index (χ1) is 8.61. The van der Waals surface area contributed by atoms with Crippen LogP contribution >= 0.6 is 0 Å². The highest BCUT2D eigenvalue weighted by Crippen LogP contribution is 2.10. The van der Waals surface area contributed by atoms with E-state index >= 15 is 0 Å². The first kappa shape index (κ1) is 11.8. The number of hydrogen-bond acceptors (Lipinski definition) is 3. The van der Waals surface area contributed by atoms with Gasteiger partial charge < -0.3 is 10.4 Å². The summed E-state index contributed by atoms with van der Waals surface area (Å²) in [6.07, 6.45) is 1.60. The van der Waals surface area contributed by atoms with Crippen LogP contribution in [0.1, 0.15) is 20.8 Å². The van der Waals surface area contributed by atoms with Crippen molar-refractivity contribution in [3.8, 4) is 5.69 Å². The number of hydrogen-bond donors (Lipinski definition) is 2. The normalized spacial score (nSPS) is 10.1. The van der Waals surface area contributed by atoms with Crippen LogP contribution in [0, 0.1) is 0 Å². The highest BCUT2D eigenvalue weighted by Gasteiger charge is 2.09. The van der Waals surface area contributed by atoms with E-state index in [4.69, 9.17) is 5.11 Å². The van der Waals surface area contributed by atoms with E-state index in [1.54, 1.807) is 24.4 Å². The summed E-state index contributed by atoms with van der Waals surface area (Å²) in [6, 6.07) is 7.89. The van der Waals surface area contributed by atoms with Crippen molar-refractivity contribution >= 4 is 11.9 Å². The van der Waals surface area contributed by atoms with Gasteiger partial charge in [0.15, 0.2) is 5.69 Å². The predicted molar refractivity (Wildman–Crippen MR) is 63.9 cm³/mol. The average Bonchev–Trinajstić information content (AvgIpc) is 2.87. The molecule has 6 nitrogen and oxygen atoms in total. The third-order valence-electron chi connectivity index (χ3n) is 2.41. The molecule has 0 radical (unpaired) electrons. The van der Waals surface area contributed by atoms with Crippen LogP contribution in [-0.4, -0.2) is 33.8 Å². The van der Waals surface area contributed by atoms with Crippen LogP contribution < -0.4 is 5.32 Å². The van der Waals surface area contributed by atoms with Gasteiger partial charge in [-0.25, -0.2) is 9.48 Å². The molecular formula is C12H11N3O3. The molecule has 18 heavy (non-hydrogen) atoms. The SMILES string of the molecule is CNC(=O)c1ccn(-c2cccc(C(=O)O)c2)n1. The van der Waals surface area contributed by atoms with E-state index in [1.165, 1.54) is 23.9 Å². The minimum atomic E-state index is -1.00. The van der Waals surface area contributed by atoms with Crippen LogP contribution in [0.2, 0.25) is 0 Å². The van der Waals surface area contributed by atoms with Gasteiger partial charge in [-0.3, -0.25) is 4.79 Å². The summed E-state index contributed by atoms with van der Waals surface area (Å²) in [5, 5.41) is 15.4. The van der Waals surface area contributed by atoms with Gasteiger partial charge in [0.1, 0.15) is 0 Å². The molecule has 1 amide bonds. The van der Waals surface area contributed by atoms with E-state index in [1.807, 2.05) is 0 Å². The van der Waals surface area contributed by atoms with Crippen molar-refractivity contribution in [1.82, 2.24) is 15.1 Å². The van der Waals surface area contributed by atoms with Crippen LogP contribution in [0.4, 0.5) is 0 Å². The van der Waals surface area contributed by atoms with E-state index in [9.17, 15) is 9.59 Å². The lowest BCUT2D eigenvalue weighted by Gasteiger charge is -2.02. The molecule has 2 N–H and O–H groups in total. The summed E-state index contributed by atoms with van der Waals surface area (Å²) < 4.78 is 1.46. The minimum absolute atomic E-state index is 0.171. The molecule has 6 heteroatoms. The van der Waals surface area contributed by atoms with E-state index in [0.29, 0.717) is 5.69 Å². The van der Waals surface area contributed by atoms with Gasteiger partial charge in [-0.15, -0.1) is 0 Å². The Morgan fingerprint density at radius 3 is 2.78 bits per heavy atom. The van der Waals surface area contributed by atoms with Gasteiger partial charge in [-0.2, -0.15) is 5.10 Å². The van der Waals surface area contributed by atoms with Crippen LogP contribution in [0.5, 0.6) is 0 Å². The second-order valence-electron chi connectivity index (χ2n) is 3.58. The van der Waals surface area contributed by atoms with Crippen molar-refractivity contribution in [3.05, 3.63) is 47.8 Å². The molecule has 92 valence electrons. The van der Waals surface area contributed by atoms with Gasteiger partial charge in [0.05, 0.1) is 11.3 Å². The second kappa shape index (κ2) is 4.70. The molecule has 0 saturated carbocycles. The number of nitrogens with one attached hydrogen (secondary N) is 1. The highest BCUT2D eigenvalue weighted by atomic mass is 16.4. The Balaban J connectivity index is 2.37. The Morgan fingerprint density at radius 2 is 2.11 bits per heavy atom. The topological polar surface area (TPSA) is 84.2 Å². The molecule has 2 rings (SSSR count). The minimum Gasteiger partial charge on any atom is -0.478 e. The number of benzene rings is 1. The maximum atomic E-state index is 11.4. The summed E-state index contributed by atoms with van der Waals surface area (Å²) in [6.45, 7) is 0. The summed E-state index contributed by atoms with van der Waals surface area (Å²) in [7, 11) is 1.52. The monoisotopic (exact) mass is 245 g/mol. The van der Waals surface area contributed by atoms with E-state index < -0.39 is 5.97 Å². The molecule has 2 aromatic rings. The van der Waals surface area contributed by atoms with Gasteiger partial charge in [0, 0.05) is 13.2 Å². The number of nitrogens with zero attached hydrogens (tertiary/aromatic N) is 2. The zero-order chi connectivity index (χ0) is 13.1. The molecule has 0 unspecified atom stereocenters. The highest BCUT2D eigenvalue weighted by molar-refractivity contribution is 5.92.